The van der Waals surface area contributed by atoms with Crippen molar-refractivity contribution in [3.63, 3.8) is 0 Å². The van der Waals surface area contributed by atoms with Crippen LogP contribution in [-0.2, 0) is 9.53 Å². The van der Waals surface area contributed by atoms with E-state index in [-0.39, 0.29) is 5.91 Å². The molecule has 1 saturated heterocycles. The van der Waals surface area contributed by atoms with E-state index in [0.29, 0.717) is 29.7 Å². The van der Waals surface area contributed by atoms with Crippen LogP contribution in [0.4, 0.5) is 11.4 Å². The summed E-state index contributed by atoms with van der Waals surface area (Å²) < 4.78 is 11.6. The number of rotatable bonds is 5. The van der Waals surface area contributed by atoms with Crippen molar-refractivity contribution in [2.75, 3.05) is 43.6 Å². The standard InChI is InChI=1S/C20H20BrClN2O3/c1-26-19-6-3-15(21)12-14(19)2-7-20(25)23-16-4-5-18(17(22)13-16)24-8-10-27-11-9-24/h2-7,12-13H,8-11H2,1H3,(H,23,25)/b7-2+. The van der Waals surface area contributed by atoms with E-state index in [2.05, 4.69) is 26.1 Å². The summed E-state index contributed by atoms with van der Waals surface area (Å²) in [6.07, 6.45) is 3.18. The Kier molecular flexibility index (Phi) is 6.77. The van der Waals surface area contributed by atoms with Crippen LogP contribution in [0.15, 0.2) is 46.9 Å². The summed E-state index contributed by atoms with van der Waals surface area (Å²) in [5, 5.41) is 3.43. The molecule has 1 N–H and O–H groups in total. The molecule has 3 rings (SSSR count). The number of carbonyl (C=O) groups is 1. The minimum atomic E-state index is -0.243. The Hall–Kier alpha value is -2.02. The van der Waals surface area contributed by atoms with Gasteiger partial charge in [-0.3, -0.25) is 4.79 Å². The lowest BCUT2D eigenvalue weighted by Crippen LogP contribution is -2.36. The summed E-state index contributed by atoms with van der Waals surface area (Å²) in [5.74, 6) is 0.451. The summed E-state index contributed by atoms with van der Waals surface area (Å²) >= 11 is 9.82. The van der Waals surface area contributed by atoms with Gasteiger partial charge >= 0.3 is 0 Å². The van der Waals surface area contributed by atoms with Crippen LogP contribution < -0.4 is 15.0 Å². The zero-order valence-corrected chi connectivity index (χ0v) is 17.2. The second kappa shape index (κ2) is 9.26. The van der Waals surface area contributed by atoms with Crippen LogP contribution in [-0.4, -0.2) is 39.3 Å². The Labute approximate surface area is 172 Å². The lowest BCUT2D eigenvalue weighted by Gasteiger charge is -2.29. The van der Waals surface area contributed by atoms with E-state index in [9.17, 15) is 4.79 Å². The largest absolute Gasteiger partial charge is 0.496 e. The number of hydrogen-bond acceptors (Lipinski definition) is 4. The van der Waals surface area contributed by atoms with E-state index >= 15 is 0 Å². The lowest BCUT2D eigenvalue weighted by molar-refractivity contribution is -0.111. The van der Waals surface area contributed by atoms with Gasteiger partial charge in [0.05, 0.1) is 31.0 Å². The van der Waals surface area contributed by atoms with Gasteiger partial charge in [-0.2, -0.15) is 0 Å². The number of methoxy groups -OCH3 is 1. The minimum Gasteiger partial charge on any atom is -0.496 e. The van der Waals surface area contributed by atoms with E-state index < -0.39 is 0 Å². The van der Waals surface area contributed by atoms with Gasteiger partial charge in [0.1, 0.15) is 5.75 Å². The molecule has 27 heavy (non-hydrogen) atoms. The monoisotopic (exact) mass is 450 g/mol. The van der Waals surface area contributed by atoms with Crippen LogP contribution in [0.2, 0.25) is 5.02 Å². The van der Waals surface area contributed by atoms with Gasteiger partial charge in [0.2, 0.25) is 5.91 Å². The van der Waals surface area contributed by atoms with Crippen LogP contribution in [0, 0.1) is 0 Å². The van der Waals surface area contributed by atoms with Gasteiger partial charge in [0.15, 0.2) is 0 Å². The topological polar surface area (TPSA) is 50.8 Å². The molecule has 0 aromatic heterocycles. The maximum absolute atomic E-state index is 12.2. The first-order chi connectivity index (χ1) is 13.1. The maximum Gasteiger partial charge on any atom is 0.248 e. The third-order valence-electron chi connectivity index (χ3n) is 4.17. The third kappa shape index (κ3) is 5.25. The zero-order chi connectivity index (χ0) is 19.2. The number of halogens is 2. The van der Waals surface area contributed by atoms with E-state index in [1.165, 1.54) is 6.08 Å². The Morgan fingerprint density at radius 1 is 1.26 bits per heavy atom. The fourth-order valence-electron chi connectivity index (χ4n) is 2.83. The fraction of sp³-hybridized carbons (Fsp3) is 0.250. The number of morpholine rings is 1. The van der Waals surface area contributed by atoms with E-state index in [0.717, 1.165) is 28.8 Å². The van der Waals surface area contributed by atoms with Crippen LogP contribution in [0.1, 0.15) is 5.56 Å². The van der Waals surface area contributed by atoms with Crippen molar-refractivity contribution in [3.8, 4) is 5.75 Å². The van der Waals surface area contributed by atoms with E-state index in [4.69, 9.17) is 21.1 Å². The van der Waals surface area contributed by atoms with Gasteiger partial charge in [-0.1, -0.05) is 27.5 Å². The Bertz CT molecular complexity index is 851. The number of hydrogen-bond donors (Lipinski definition) is 1. The summed E-state index contributed by atoms with van der Waals surface area (Å²) in [6, 6.07) is 11.1. The number of anilines is 2. The number of amides is 1. The molecular formula is C20H20BrClN2O3. The van der Waals surface area contributed by atoms with Crippen molar-refractivity contribution < 1.29 is 14.3 Å². The van der Waals surface area contributed by atoms with Crippen LogP contribution >= 0.6 is 27.5 Å². The average Bonchev–Trinajstić information content (AvgIpc) is 2.67. The summed E-state index contributed by atoms with van der Waals surface area (Å²) in [6.45, 7) is 3.00. The van der Waals surface area contributed by atoms with Gasteiger partial charge in [-0.15, -0.1) is 0 Å². The quantitative estimate of drug-likeness (QED) is 0.675. The first-order valence-corrected chi connectivity index (χ1v) is 9.69. The molecule has 7 heteroatoms. The van der Waals surface area contributed by atoms with Gasteiger partial charge in [-0.25, -0.2) is 0 Å². The van der Waals surface area contributed by atoms with Crippen molar-refractivity contribution in [2.24, 2.45) is 0 Å². The normalized spacial score (nSPS) is 14.4. The predicted molar refractivity (Wildman–Crippen MR) is 113 cm³/mol. The highest BCUT2D eigenvalue weighted by atomic mass is 79.9. The SMILES string of the molecule is COc1ccc(Br)cc1/C=C/C(=O)Nc1ccc(N2CCOCC2)c(Cl)c1. The second-order valence-corrected chi connectivity index (χ2v) is 7.30. The van der Waals surface area contributed by atoms with Crippen molar-refractivity contribution in [1.82, 2.24) is 0 Å². The summed E-state index contributed by atoms with van der Waals surface area (Å²) in [5.41, 5.74) is 2.41. The Morgan fingerprint density at radius 3 is 2.74 bits per heavy atom. The number of carbonyl (C=O) groups excluding carboxylic acids is 1. The highest BCUT2D eigenvalue weighted by Crippen LogP contribution is 2.29. The second-order valence-electron chi connectivity index (χ2n) is 5.97. The highest BCUT2D eigenvalue weighted by molar-refractivity contribution is 9.10. The predicted octanol–water partition coefficient (Wildman–Crippen LogP) is 4.60. The molecule has 1 heterocycles. The lowest BCUT2D eigenvalue weighted by atomic mass is 10.2. The number of ether oxygens (including phenoxy) is 2. The van der Waals surface area contributed by atoms with Crippen molar-refractivity contribution in [1.29, 1.82) is 0 Å². The molecule has 0 spiro atoms. The molecule has 2 aromatic carbocycles. The molecule has 0 unspecified atom stereocenters. The van der Waals surface area contributed by atoms with Crippen molar-refractivity contribution >= 4 is 50.9 Å². The number of benzene rings is 2. The molecule has 0 atom stereocenters. The smallest absolute Gasteiger partial charge is 0.248 e. The molecular weight excluding hydrogens is 432 g/mol. The molecule has 5 nitrogen and oxygen atoms in total. The fourth-order valence-corrected chi connectivity index (χ4v) is 3.51. The molecule has 1 fully saturated rings. The Morgan fingerprint density at radius 2 is 2.04 bits per heavy atom. The molecule has 0 aliphatic carbocycles. The van der Waals surface area contributed by atoms with Gasteiger partial charge in [-0.05, 0) is 42.5 Å². The van der Waals surface area contributed by atoms with Crippen molar-refractivity contribution in [3.05, 3.63) is 57.5 Å². The zero-order valence-electron chi connectivity index (χ0n) is 14.9. The first kappa shape index (κ1) is 19.7. The summed E-state index contributed by atoms with van der Waals surface area (Å²) in [4.78, 5) is 14.4. The first-order valence-electron chi connectivity index (χ1n) is 8.51. The van der Waals surface area contributed by atoms with Crippen LogP contribution in [0.25, 0.3) is 6.08 Å². The molecule has 1 aliphatic heterocycles. The maximum atomic E-state index is 12.2. The van der Waals surface area contributed by atoms with Gasteiger partial charge < -0.3 is 19.7 Å². The highest BCUT2D eigenvalue weighted by Gasteiger charge is 2.14. The third-order valence-corrected chi connectivity index (χ3v) is 4.97. The summed E-state index contributed by atoms with van der Waals surface area (Å²) in [7, 11) is 1.60. The Balaban J connectivity index is 1.67. The van der Waals surface area contributed by atoms with Crippen molar-refractivity contribution in [2.45, 2.75) is 0 Å². The van der Waals surface area contributed by atoms with Gasteiger partial charge in [0.25, 0.3) is 0 Å². The molecule has 0 saturated carbocycles. The van der Waals surface area contributed by atoms with Crippen LogP contribution in [0.5, 0.6) is 5.75 Å². The molecule has 2 aromatic rings. The molecule has 0 bridgehead atoms. The van der Waals surface area contributed by atoms with E-state index in [1.54, 1.807) is 19.3 Å². The molecule has 1 aliphatic rings. The molecule has 142 valence electrons. The molecule has 1 amide bonds. The van der Waals surface area contributed by atoms with Gasteiger partial charge in [0, 0.05) is 34.9 Å². The van der Waals surface area contributed by atoms with Crippen LogP contribution in [0.3, 0.4) is 0 Å². The van der Waals surface area contributed by atoms with E-state index in [1.807, 2.05) is 30.3 Å². The molecule has 0 radical (unpaired) electrons. The minimum absolute atomic E-state index is 0.243. The number of nitrogens with zero attached hydrogens (tertiary/aromatic N) is 1. The number of nitrogens with one attached hydrogen (secondary N) is 1. The average molecular weight is 452 g/mol.